The quantitative estimate of drug-likeness (QED) is 0.825. The molecule has 0 radical (unpaired) electrons. The summed E-state index contributed by atoms with van der Waals surface area (Å²) in [6, 6.07) is 6.77. The van der Waals surface area contributed by atoms with Crippen molar-refractivity contribution in [2.24, 2.45) is 17.8 Å². The highest BCUT2D eigenvalue weighted by Gasteiger charge is 2.41. The molecule has 4 atom stereocenters. The zero-order chi connectivity index (χ0) is 14.1. The summed E-state index contributed by atoms with van der Waals surface area (Å²) in [5, 5.41) is 7.02. The maximum absolute atomic E-state index is 13.1. The van der Waals surface area contributed by atoms with E-state index in [0.29, 0.717) is 16.8 Å². The Labute approximate surface area is 125 Å². The van der Waals surface area contributed by atoms with Crippen LogP contribution in [-0.4, -0.2) is 11.2 Å². The van der Waals surface area contributed by atoms with Gasteiger partial charge in [-0.25, -0.2) is 4.39 Å². The van der Waals surface area contributed by atoms with E-state index in [-0.39, 0.29) is 5.82 Å². The number of anilines is 1. The highest BCUT2D eigenvalue weighted by atomic mass is 32.1. The van der Waals surface area contributed by atoms with Crippen LogP contribution in [0.1, 0.15) is 32.6 Å². The Kier molecular flexibility index (Phi) is 3.92. The molecule has 0 spiro atoms. The number of fused-ring (bicyclic) bond motifs is 2. The lowest BCUT2D eigenvalue weighted by Crippen LogP contribution is -2.42. The number of hydrogen-bond donors (Lipinski definition) is 2. The number of nitrogens with one attached hydrogen (secondary N) is 2. The lowest BCUT2D eigenvalue weighted by molar-refractivity contribution is 0.279. The molecule has 1 aromatic carbocycles. The van der Waals surface area contributed by atoms with Crippen LogP contribution in [0, 0.1) is 23.6 Å². The third-order valence-electron chi connectivity index (χ3n) is 4.88. The number of rotatable bonds is 3. The van der Waals surface area contributed by atoms with Crippen LogP contribution < -0.4 is 10.6 Å². The van der Waals surface area contributed by atoms with Gasteiger partial charge < -0.3 is 10.6 Å². The van der Waals surface area contributed by atoms with E-state index in [0.717, 1.165) is 17.8 Å². The van der Waals surface area contributed by atoms with Crippen LogP contribution in [0.5, 0.6) is 0 Å². The number of halogens is 1. The molecule has 2 N–H and O–H groups in total. The fraction of sp³-hybridized carbons (Fsp3) is 0.562. The summed E-state index contributed by atoms with van der Waals surface area (Å²) >= 11 is 5.33. The van der Waals surface area contributed by atoms with Crippen LogP contribution in [0.3, 0.4) is 0 Å². The lowest BCUT2D eigenvalue weighted by atomic mass is 9.84. The maximum Gasteiger partial charge on any atom is 0.170 e. The van der Waals surface area contributed by atoms with Gasteiger partial charge in [-0.15, -0.1) is 0 Å². The van der Waals surface area contributed by atoms with E-state index in [4.69, 9.17) is 12.2 Å². The Hall–Kier alpha value is -1.16. The highest BCUT2D eigenvalue weighted by molar-refractivity contribution is 7.80. The van der Waals surface area contributed by atoms with E-state index in [1.165, 1.54) is 37.8 Å². The molecule has 0 amide bonds. The molecule has 0 heterocycles. The molecule has 0 aliphatic heterocycles. The SMILES string of the molecule is CC(NC(=S)Nc1cccc(F)c1)C1CC2CCC1C2. The summed E-state index contributed by atoms with van der Waals surface area (Å²) in [7, 11) is 0. The van der Waals surface area contributed by atoms with E-state index in [2.05, 4.69) is 17.6 Å². The van der Waals surface area contributed by atoms with E-state index in [1.54, 1.807) is 6.07 Å². The average Bonchev–Trinajstić information content (AvgIpc) is 3.00. The molecule has 2 saturated carbocycles. The molecular weight excluding hydrogens is 271 g/mol. The van der Waals surface area contributed by atoms with Gasteiger partial charge in [0.05, 0.1) is 0 Å². The minimum atomic E-state index is -0.251. The Morgan fingerprint density at radius 2 is 2.20 bits per heavy atom. The molecule has 2 fully saturated rings. The van der Waals surface area contributed by atoms with Crippen molar-refractivity contribution >= 4 is 23.0 Å². The molecule has 20 heavy (non-hydrogen) atoms. The van der Waals surface area contributed by atoms with E-state index >= 15 is 0 Å². The monoisotopic (exact) mass is 292 g/mol. The van der Waals surface area contributed by atoms with Crippen molar-refractivity contribution in [1.82, 2.24) is 5.32 Å². The summed E-state index contributed by atoms with van der Waals surface area (Å²) in [5.74, 6) is 2.30. The molecule has 2 aliphatic carbocycles. The zero-order valence-electron chi connectivity index (χ0n) is 11.7. The molecule has 0 aromatic heterocycles. The maximum atomic E-state index is 13.1. The lowest BCUT2D eigenvalue weighted by Gasteiger charge is -2.29. The first kappa shape index (κ1) is 13.8. The van der Waals surface area contributed by atoms with Gasteiger partial charge in [-0.05, 0) is 74.4 Å². The summed E-state index contributed by atoms with van der Waals surface area (Å²) in [5.41, 5.74) is 0.697. The minimum Gasteiger partial charge on any atom is -0.360 e. The van der Waals surface area contributed by atoms with Crippen LogP contribution in [0.15, 0.2) is 24.3 Å². The van der Waals surface area contributed by atoms with Crippen molar-refractivity contribution in [1.29, 1.82) is 0 Å². The van der Waals surface area contributed by atoms with Crippen molar-refractivity contribution < 1.29 is 4.39 Å². The van der Waals surface area contributed by atoms with E-state index in [1.807, 2.05) is 6.07 Å². The van der Waals surface area contributed by atoms with Gasteiger partial charge in [-0.2, -0.15) is 0 Å². The number of thiocarbonyl (C=S) groups is 1. The van der Waals surface area contributed by atoms with Crippen LogP contribution >= 0.6 is 12.2 Å². The van der Waals surface area contributed by atoms with Gasteiger partial charge in [0.15, 0.2) is 5.11 Å². The molecule has 1 aromatic rings. The second-order valence-electron chi connectivity index (χ2n) is 6.24. The molecule has 108 valence electrons. The molecule has 3 rings (SSSR count). The van der Waals surface area contributed by atoms with Gasteiger partial charge in [0.1, 0.15) is 5.82 Å². The number of hydrogen-bond acceptors (Lipinski definition) is 1. The molecule has 0 saturated heterocycles. The van der Waals surface area contributed by atoms with Gasteiger partial charge in [0, 0.05) is 11.7 Å². The topological polar surface area (TPSA) is 24.1 Å². The van der Waals surface area contributed by atoms with Crippen molar-refractivity contribution in [2.75, 3.05) is 5.32 Å². The third-order valence-corrected chi connectivity index (χ3v) is 5.10. The molecule has 4 heteroatoms. The van der Waals surface area contributed by atoms with Crippen LogP contribution in [0.2, 0.25) is 0 Å². The first-order valence-corrected chi connectivity index (χ1v) is 7.85. The third kappa shape index (κ3) is 2.95. The predicted molar refractivity (Wildman–Crippen MR) is 84.2 cm³/mol. The van der Waals surface area contributed by atoms with Gasteiger partial charge >= 0.3 is 0 Å². The molecule has 4 unspecified atom stereocenters. The Bertz CT molecular complexity index is 505. The van der Waals surface area contributed by atoms with Crippen molar-refractivity contribution in [3.05, 3.63) is 30.1 Å². The fourth-order valence-corrected chi connectivity index (χ4v) is 4.26. The van der Waals surface area contributed by atoms with E-state index < -0.39 is 0 Å². The molecule has 2 nitrogen and oxygen atoms in total. The van der Waals surface area contributed by atoms with Crippen LogP contribution in [0.25, 0.3) is 0 Å². The summed E-state index contributed by atoms with van der Waals surface area (Å²) < 4.78 is 13.1. The first-order chi connectivity index (χ1) is 9.61. The molecule has 2 bridgehead atoms. The normalized spacial score (nSPS) is 29.2. The first-order valence-electron chi connectivity index (χ1n) is 7.45. The van der Waals surface area contributed by atoms with Gasteiger partial charge in [0.2, 0.25) is 0 Å². The summed E-state index contributed by atoms with van der Waals surface area (Å²) in [6.45, 7) is 2.21. The van der Waals surface area contributed by atoms with Gasteiger partial charge in [0.25, 0.3) is 0 Å². The van der Waals surface area contributed by atoms with Crippen molar-refractivity contribution in [2.45, 2.75) is 38.6 Å². The minimum absolute atomic E-state index is 0.251. The van der Waals surface area contributed by atoms with Gasteiger partial charge in [-0.1, -0.05) is 12.5 Å². The second-order valence-corrected chi connectivity index (χ2v) is 6.64. The Balaban J connectivity index is 1.53. The van der Waals surface area contributed by atoms with Crippen LogP contribution in [0.4, 0.5) is 10.1 Å². The predicted octanol–water partition coefficient (Wildman–Crippen LogP) is 3.94. The Morgan fingerprint density at radius 1 is 1.35 bits per heavy atom. The van der Waals surface area contributed by atoms with Crippen molar-refractivity contribution in [3.63, 3.8) is 0 Å². The average molecular weight is 292 g/mol. The second kappa shape index (κ2) is 5.68. The standard InChI is InChI=1S/C16H21FN2S/c1-10(15-8-11-5-6-12(15)7-11)18-16(20)19-14-4-2-3-13(17)9-14/h2-4,9-12,15H,5-8H2,1H3,(H2,18,19,20). The van der Waals surface area contributed by atoms with Crippen molar-refractivity contribution in [3.8, 4) is 0 Å². The smallest absolute Gasteiger partial charge is 0.170 e. The summed E-state index contributed by atoms with van der Waals surface area (Å²) in [6.07, 6.45) is 5.54. The molecule has 2 aliphatic rings. The Morgan fingerprint density at radius 3 is 2.85 bits per heavy atom. The summed E-state index contributed by atoms with van der Waals surface area (Å²) in [4.78, 5) is 0. The largest absolute Gasteiger partial charge is 0.360 e. The highest BCUT2D eigenvalue weighted by Crippen LogP contribution is 2.49. The molecular formula is C16H21FN2S. The van der Waals surface area contributed by atoms with E-state index in [9.17, 15) is 4.39 Å². The van der Waals surface area contributed by atoms with Gasteiger partial charge in [-0.3, -0.25) is 0 Å². The fourth-order valence-electron chi connectivity index (χ4n) is 3.95. The zero-order valence-corrected chi connectivity index (χ0v) is 12.5. The number of benzene rings is 1. The van der Waals surface area contributed by atoms with Crippen LogP contribution in [-0.2, 0) is 0 Å².